The van der Waals surface area contributed by atoms with Crippen LogP contribution in [-0.4, -0.2) is 53.5 Å². The Kier molecular flexibility index (Phi) is 11.4. The van der Waals surface area contributed by atoms with Crippen LogP contribution >= 0.6 is 0 Å². The van der Waals surface area contributed by atoms with Gasteiger partial charge in [-0.05, 0) is 30.2 Å². The third kappa shape index (κ3) is 10.4. The zero-order chi connectivity index (χ0) is 24.3. The molecular weight excluding hydrogens is 412 g/mol. The van der Waals surface area contributed by atoms with E-state index in [1.807, 2.05) is 33.8 Å². The minimum absolute atomic E-state index is 0.114. The molecule has 0 radical (unpaired) electrons. The van der Waals surface area contributed by atoms with Gasteiger partial charge in [0.05, 0.1) is 12.6 Å². The van der Waals surface area contributed by atoms with E-state index in [9.17, 15) is 24.3 Å². The van der Waals surface area contributed by atoms with Gasteiger partial charge >= 0.3 is 5.97 Å². The predicted octanol–water partition coefficient (Wildman–Crippen LogP) is 0.819. The molecule has 178 valence electrons. The van der Waals surface area contributed by atoms with Gasteiger partial charge < -0.3 is 26.8 Å². The number of aliphatic carboxylic acids is 1. The van der Waals surface area contributed by atoms with Crippen molar-refractivity contribution in [3.8, 4) is 0 Å². The molecule has 0 fully saturated rings. The summed E-state index contributed by atoms with van der Waals surface area (Å²) < 4.78 is 0. The van der Waals surface area contributed by atoms with Crippen molar-refractivity contribution in [1.82, 2.24) is 16.0 Å². The maximum atomic E-state index is 12.6. The van der Waals surface area contributed by atoms with Crippen LogP contribution in [0.2, 0.25) is 0 Å². The summed E-state index contributed by atoms with van der Waals surface area (Å²) in [5.74, 6) is -2.39. The van der Waals surface area contributed by atoms with E-state index in [4.69, 9.17) is 5.73 Å². The minimum Gasteiger partial charge on any atom is -0.480 e. The number of hydrogen-bond acceptors (Lipinski definition) is 5. The van der Waals surface area contributed by atoms with Crippen LogP contribution < -0.4 is 21.7 Å². The van der Waals surface area contributed by atoms with Crippen LogP contribution in [0.4, 0.5) is 0 Å². The molecule has 0 bridgehead atoms. The van der Waals surface area contributed by atoms with Gasteiger partial charge in [-0.2, -0.15) is 0 Å². The van der Waals surface area contributed by atoms with E-state index >= 15 is 0 Å². The molecule has 0 saturated carbocycles. The van der Waals surface area contributed by atoms with Gasteiger partial charge in [-0.3, -0.25) is 14.4 Å². The Morgan fingerprint density at radius 1 is 0.875 bits per heavy atom. The van der Waals surface area contributed by atoms with E-state index in [1.165, 1.54) is 0 Å². The maximum Gasteiger partial charge on any atom is 0.326 e. The monoisotopic (exact) mass is 448 g/mol. The Balaban J connectivity index is 2.66. The van der Waals surface area contributed by atoms with Crippen molar-refractivity contribution in [3.05, 3.63) is 35.9 Å². The van der Waals surface area contributed by atoms with Gasteiger partial charge in [-0.1, -0.05) is 58.0 Å². The van der Waals surface area contributed by atoms with Crippen LogP contribution in [0.1, 0.15) is 46.1 Å². The van der Waals surface area contributed by atoms with Gasteiger partial charge in [0.1, 0.15) is 12.1 Å². The van der Waals surface area contributed by atoms with Crippen LogP contribution in [0, 0.1) is 11.8 Å². The molecule has 3 unspecified atom stereocenters. The maximum absolute atomic E-state index is 12.6. The fraction of sp³-hybridized carbons (Fsp3) is 0.565. The highest BCUT2D eigenvalue weighted by molar-refractivity contribution is 5.92. The molecular formula is C23H36N4O5. The second kappa shape index (κ2) is 13.5. The third-order valence-electron chi connectivity index (χ3n) is 4.74. The normalized spacial score (nSPS) is 13.8. The average Bonchev–Trinajstić information content (AvgIpc) is 2.70. The summed E-state index contributed by atoms with van der Waals surface area (Å²) >= 11 is 0. The van der Waals surface area contributed by atoms with E-state index in [2.05, 4.69) is 16.0 Å². The van der Waals surface area contributed by atoms with Crippen molar-refractivity contribution < 1.29 is 24.3 Å². The van der Waals surface area contributed by atoms with Crippen molar-refractivity contribution >= 4 is 23.7 Å². The molecule has 3 amide bonds. The number of nitrogens with one attached hydrogen (secondary N) is 3. The van der Waals surface area contributed by atoms with Crippen LogP contribution in [0.15, 0.2) is 30.3 Å². The quantitative estimate of drug-likeness (QED) is 0.301. The molecule has 9 nitrogen and oxygen atoms in total. The highest BCUT2D eigenvalue weighted by Gasteiger charge is 2.26. The molecule has 1 aromatic carbocycles. The lowest BCUT2D eigenvalue weighted by Crippen LogP contribution is -2.54. The van der Waals surface area contributed by atoms with Crippen molar-refractivity contribution in [2.75, 3.05) is 6.54 Å². The second-order valence-electron chi connectivity index (χ2n) is 8.79. The summed E-state index contributed by atoms with van der Waals surface area (Å²) in [4.78, 5) is 48.7. The lowest BCUT2D eigenvalue weighted by Gasteiger charge is -2.23. The highest BCUT2D eigenvalue weighted by atomic mass is 16.4. The van der Waals surface area contributed by atoms with Gasteiger partial charge in [0.2, 0.25) is 17.7 Å². The highest BCUT2D eigenvalue weighted by Crippen LogP contribution is 2.08. The Labute approximate surface area is 189 Å². The molecule has 1 rings (SSSR count). The van der Waals surface area contributed by atoms with Crippen LogP contribution in [0.5, 0.6) is 0 Å². The minimum atomic E-state index is -1.17. The summed E-state index contributed by atoms with van der Waals surface area (Å²) in [5.41, 5.74) is 6.67. The number of carboxylic acid groups (broad SMARTS) is 1. The fourth-order valence-corrected chi connectivity index (χ4v) is 3.18. The Bertz CT molecular complexity index is 767. The zero-order valence-corrected chi connectivity index (χ0v) is 19.3. The lowest BCUT2D eigenvalue weighted by atomic mass is 10.0. The molecule has 0 aliphatic rings. The largest absolute Gasteiger partial charge is 0.480 e. The number of hydrogen-bond donors (Lipinski definition) is 5. The molecule has 0 saturated heterocycles. The number of carbonyl (C=O) groups excluding carboxylic acids is 3. The summed E-state index contributed by atoms with van der Waals surface area (Å²) in [6.45, 7) is 7.32. The zero-order valence-electron chi connectivity index (χ0n) is 19.3. The Morgan fingerprint density at radius 2 is 1.47 bits per heavy atom. The second-order valence-corrected chi connectivity index (χ2v) is 8.79. The van der Waals surface area contributed by atoms with Gasteiger partial charge in [0.25, 0.3) is 0 Å². The smallest absolute Gasteiger partial charge is 0.326 e. The first kappa shape index (κ1) is 27.1. The van der Waals surface area contributed by atoms with Crippen molar-refractivity contribution in [2.45, 2.75) is 65.1 Å². The van der Waals surface area contributed by atoms with Crippen LogP contribution in [0.25, 0.3) is 0 Å². The molecule has 0 aliphatic heterocycles. The molecule has 32 heavy (non-hydrogen) atoms. The van der Waals surface area contributed by atoms with Gasteiger partial charge in [-0.15, -0.1) is 0 Å². The van der Waals surface area contributed by atoms with E-state index < -0.39 is 48.4 Å². The Hall–Kier alpha value is -2.94. The van der Waals surface area contributed by atoms with E-state index in [0.717, 1.165) is 5.56 Å². The topological polar surface area (TPSA) is 151 Å². The average molecular weight is 449 g/mol. The Morgan fingerprint density at radius 3 is 2.00 bits per heavy atom. The standard InChI is InChI=1S/C23H36N4O5/c1-14(2)10-17(24)21(29)27-18(11-15(3)4)22(30)25-13-20(28)26-19(23(31)32)12-16-8-6-5-7-9-16/h5-9,14-15,17-19H,10-13,24H2,1-4H3,(H,25,30)(H,26,28)(H,27,29)(H,31,32). The van der Waals surface area contributed by atoms with Gasteiger partial charge in [-0.25, -0.2) is 4.79 Å². The summed E-state index contributed by atoms with van der Waals surface area (Å²) in [6, 6.07) is 6.24. The summed E-state index contributed by atoms with van der Waals surface area (Å²) in [6.07, 6.45) is 0.983. The first-order chi connectivity index (χ1) is 15.0. The number of amides is 3. The molecule has 0 heterocycles. The van der Waals surface area contributed by atoms with E-state index in [0.29, 0.717) is 12.8 Å². The first-order valence-electron chi connectivity index (χ1n) is 10.9. The molecule has 1 aromatic rings. The summed E-state index contributed by atoms with van der Waals surface area (Å²) in [7, 11) is 0. The molecule has 6 N–H and O–H groups in total. The summed E-state index contributed by atoms with van der Waals surface area (Å²) in [5, 5.41) is 17.0. The number of benzene rings is 1. The van der Waals surface area contributed by atoms with Crippen molar-refractivity contribution in [3.63, 3.8) is 0 Å². The van der Waals surface area contributed by atoms with Crippen LogP contribution in [0.3, 0.4) is 0 Å². The molecule has 9 heteroatoms. The third-order valence-corrected chi connectivity index (χ3v) is 4.74. The molecule has 3 atom stereocenters. The number of carboxylic acids is 1. The lowest BCUT2D eigenvalue weighted by molar-refractivity contribution is -0.141. The van der Waals surface area contributed by atoms with Crippen LogP contribution in [-0.2, 0) is 25.6 Å². The molecule has 0 aliphatic carbocycles. The van der Waals surface area contributed by atoms with E-state index in [-0.39, 0.29) is 18.3 Å². The predicted molar refractivity (Wildman–Crippen MR) is 122 cm³/mol. The van der Waals surface area contributed by atoms with E-state index in [1.54, 1.807) is 24.3 Å². The SMILES string of the molecule is CC(C)CC(N)C(=O)NC(CC(C)C)C(=O)NCC(=O)NC(Cc1ccccc1)C(=O)O. The molecule has 0 aromatic heterocycles. The van der Waals surface area contributed by atoms with Crippen molar-refractivity contribution in [2.24, 2.45) is 17.6 Å². The number of rotatable bonds is 13. The van der Waals surface area contributed by atoms with Gasteiger partial charge in [0.15, 0.2) is 0 Å². The molecule has 0 spiro atoms. The first-order valence-corrected chi connectivity index (χ1v) is 10.9. The fourth-order valence-electron chi connectivity index (χ4n) is 3.18. The number of carbonyl (C=O) groups is 4. The number of nitrogens with two attached hydrogens (primary N) is 1. The van der Waals surface area contributed by atoms with Crippen molar-refractivity contribution in [1.29, 1.82) is 0 Å². The van der Waals surface area contributed by atoms with Gasteiger partial charge in [0, 0.05) is 6.42 Å².